The predicted octanol–water partition coefficient (Wildman–Crippen LogP) is -4.73. The topological polar surface area (TPSA) is 104 Å². The van der Waals surface area contributed by atoms with E-state index in [0.29, 0.717) is 0 Å². The van der Waals surface area contributed by atoms with Gasteiger partial charge in [-0.2, -0.15) is 0 Å². The lowest BCUT2D eigenvalue weighted by molar-refractivity contribution is -0.320. The Bertz CT molecular complexity index is 408. The Morgan fingerprint density at radius 1 is 1.12 bits per heavy atom. The number of benzene rings is 1. The first-order valence-electron chi connectivity index (χ1n) is 3.94. The Balaban J connectivity index is 0.00000225. The Morgan fingerprint density at radius 3 is 2.06 bits per heavy atom. The quantitative estimate of drug-likeness (QED) is 0.297. The van der Waals surface area contributed by atoms with Crippen molar-refractivity contribution >= 4 is 17.6 Å². The summed E-state index contributed by atoms with van der Waals surface area (Å²) in [7, 11) is 0. The number of nitrogens with two attached hydrogens (primary N) is 3. The van der Waals surface area contributed by atoms with E-state index in [1.807, 2.05) is 0 Å². The predicted molar refractivity (Wildman–Crippen MR) is 52.0 cm³/mol. The van der Waals surface area contributed by atoms with Crippen LogP contribution in [0.4, 0.5) is 14.5 Å². The zero-order valence-corrected chi connectivity index (χ0v) is 8.80. The third-order valence-corrected chi connectivity index (χ3v) is 1.44. The maximum Gasteiger partial charge on any atom is 0.316 e. The van der Waals surface area contributed by atoms with Crippen LogP contribution in [0.5, 0.6) is 0 Å². The zero-order chi connectivity index (χ0) is 11.4. The van der Waals surface area contributed by atoms with Crippen molar-refractivity contribution < 1.29 is 26.2 Å². The Kier molecular flexibility index (Phi) is 5.17. The highest BCUT2D eigenvalue weighted by Crippen LogP contribution is 2.20. The number of hydrogen-bond acceptors (Lipinski definition) is 1. The molecule has 88 valence electrons. The molecule has 7 N–H and O–H groups in total. The standard InChI is InChI=1S/C8H9F2N5.ClH/c9-4-2-1-3-5(10)6(4)14-8(13)15-7(11)12;/h1-3H,(H6,11,12,13,14,15);1H. The maximum absolute atomic E-state index is 13.0. The summed E-state index contributed by atoms with van der Waals surface area (Å²) in [6.07, 6.45) is 0. The highest BCUT2D eigenvalue weighted by molar-refractivity contribution is 5.79. The van der Waals surface area contributed by atoms with Crippen molar-refractivity contribution in [2.45, 2.75) is 0 Å². The smallest absolute Gasteiger partial charge is 0.316 e. The minimum Gasteiger partial charge on any atom is -1.00 e. The van der Waals surface area contributed by atoms with Crippen LogP contribution in [0.15, 0.2) is 23.2 Å². The maximum atomic E-state index is 13.0. The zero-order valence-electron chi connectivity index (χ0n) is 8.05. The molecule has 0 spiro atoms. The highest BCUT2D eigenvalue weighted by Gasteiger charge is 2.10. The molecule has 0 heterocycles. The third kappa shape index (κ3) is 3.70. The Hall–Kier alpha value is -1.89. The SMILES string of the molecule is NC(=Nc1c(F)cccc1F)[NH+]=C(N)N.[Cl-]. The van der Waals surface area contributed by atoms with E-state index in [2.05, 4.69) is 9.98 Å². The molecule has 0 aromatic heterocycles. The summed E-state index contributed by atoms with van der Waals surface area (Å²) in [5.41, 5.74) is 14.9. The minimum absolute atomic E-state index is 0. The van der Waals surface area contributed by atoms with Crippen LogP contribution in [0.2, 0.25) is 0 Å². The monoisotopic (exact) mass is 249 g/mol. The van der Waals surface area contributed by atoms with Gasteiger partial charge in [0.15, 0.2) is 17.3 Å². The highest BCUT2D eigenvalue weighted by atomic mass is 35.5. The Labute approximate surface area is 96.5 Å². The third-order valence-electron chi connectivity index (χ3n) is 1.44. The van der Waals surface area contributed by atoms with Gasteiger partial charge in [-0.1, -0.05) is 6.07 Å². The average molecular weight is 250 g/mol. The van der Waals surface area contributed by atoms with E-state index in [1.54, 1.807) is 0 Å². The fourth-order valence-corrected chi connectivity index (χ4v) is 0.892. The minimum atomic E-state index is -0.824. The van der Waals surface area contributed by atoms with Gasteiger partial charge in [-0.05, 0) is 12.1 Å². The fourth-order valence-electron chi connectivity index (χ4n) is 0.892. The molecule has 0 radical (unpaired) electrons. The lowest BCUT2D eigenvalue weighted by atomic mass is 10.3. The van der Waals surface area contributed by atoms with E-state index < -0.39 is 17.3 Å². The molecule has 0 saturated carbocycles. The molecule has 8 heteroatoms. The van der Waals surface area contributed by atoms with Gasteiger partial charge in [0.1, 0.15) is 0 Å². The molecule has 0 unspecified atom stereocenters. The summed E-state index contributed by atoms with van der Waals surface area (Å²) in [6, 6.07) is 3.34. The molecule has 1 aromatic rings. The van der Waals surface area contributed by atoms with Gasteiger partial charge in [0, 0.05) is 0 Å². The van der Waals surface area contributed by atoms with E-state index in [0.717, 1.165) is 12.1 Å². The Morgan fingerprint density at radius 2 is 1.62 bits per heavy atom. The van der Waals surface area contributed by atoms with Gasteiger partial charge in [0.25, 0.3) is 5.96 Å². The van der Waals surface area contributed by atoms with Crippen molar-refractivity contribution in [3.8, 4) is 0 Å². The van der Waals surface area contributed by atoms with Gasteiger partial charge < -0.3 is 29.6 Å². The van der Waals surface area contributed by atoms with Crippen LogP contribution in [-0.2, 0) is 0 Å². The summed E-state index contributed by atoms with van der Waals surface area (Å²) in [5.74, 6) is -2.15. The van der Waals surface area contributed by atoms with E-state index in [1.165, 1.54) is 6.07 Å². The van der Waals surface area contributed by atoms with Crippen molar-refractivity contribution in [3.05, 3.63) is 29.8 Å². The normalized spacial score (nSPS) is 10.5. The molecule has 0 saturated heterocycles. The molecule has 5 nitrogen and oxygen atoms in total. The summed E-state index contributed by atoms with van der Waals surface area (Å²) in [4.78, 5) is 5.66. The molecule has 1 aromatic carbocycles. The number of guanidine groups is 2. The molecule has 0 fully saturated rings. The lowest BCUT2D eigenvalue weighted by Gasteiger charge is -1.95. The number of rotatable bonds is 1. The van der Waals surface area contributed by atoms with Gasteiger partial charge >= 0.3 is 5.96 Å². The van der Waals surface area contributed by atoms with Crippen molar-refractivity contribution in [2.75, 3.05) is 0 Å². The molecule has 0 aliphatic heterocycles. The molecule has 0 aliphatic rings. The molecular weight excluding hydrogens is 240 g/mol. The van der Waals surface area contributed by atoms with Crippen LogP contribution < -0.4 is 34.6 Å². The molecular formula is C8H10ClF2N5. The van der Waals surface area contributed by atoms with Gasteiger partial charge in [-0.15, -0.1) is 4.99 Å². The summed E-state index contributed by atoms with van der Waals surface area (Å²) in [6.45, 7) is 0. The van der Waals surface area contributed by atoms with Gasteiger partial charge in [0.2, 0.25) is 0 Å². The van der Waals surface area contributed by atoms with Crippen LogP contribution in [0.3, 0.4) is 0 Å². The van der Waals surface area contributed by atoms with Crippen molar-refractivity contribution in [2.24, 2.45) is 22.2 Å². The van der Waals surface area contributed by atoms with Crippen molar-refractivity contribution in [3.63, 3.8) is 0 Å². The summed E-state index contributed by atoms with van der Waals surface area (Å²) >= 11 is 0. The van der Waals surface area contributed by atoms with Crippen LogP contribution >= 0.6 is 0 Å². The van der Waals surface area contributed by atoms with E-state index in [-0.39, 0.29) is 24.3 Å². The van der Waals surface area contributed by atoms with Gasteiger partial charge in [-0.25, -0.2) is 13.8 Å². The van der Waals surface area contributed by atoms with Crippen LogP contribution in [-0.4, -0.2) is 11.9 Å². The number of halogens is 3. The summed E-state index contributed by atoms with van der Waals surface area (Å²) in [5, 5.41) is 0. The molecule has 0 aliphatic carbocycles. The second kappa shape index (κ2) is 5.86. The van der Waals surface area contributed by atoms with Crippen LogP contribution in [0.25, 0.3) is 0 Å². The first kappa shape index (κ1) is 14.1. The first-order valence-corrected chi connectivity index (χ1v) is 3.94. The van der Waals surface area contributed by atoms with Crippen LogP contribution in [0, 0.1) is 11.6 Å². The van der Waals surface area contributed by atoms with Crippen molar-refractivity contribution in [1.29, 1.82) is 0 Å². The molecule has 0 amide bonds. The number of hydrogen-bond donors (Lipinski definition) is 4. The van der Waals surface area contributed by atoms with Crippen LogP contribution in [0.1, 0.15) is 0 Å². The number of nitrogens with one attached hydrogen (secondary N) is 1. The number of para-hydroxylation sites is 1. The number of nitrogens with zero attached hydrogens (tertiary/aromatic N) is 1. The fraction of sp³-hybridized carbons (Fsp3) is 0. The first-order chi connectivity index (χ1) is 7.00. The molecule has 0 atom stereocenters. The molecule has 1 rings (SSSR count). The average Bonchev–Trinajstić information content (AvgIpc) is 2.10. The van der Waals surface area contributed by atoms with E-state index >= 15 is 0 Å². The van der Waals surface area contributed by atoms with Gasteiger partial charge in [0.05, 0.1) is 0 Å². The lowest BCUT2D eigenvalue weighted by Crippen LogP contribution is -3.00. The molecule has 0 bridgehead atoms. The van der Waals surface area contributed by atoms with E-state index in [9.17, 15) is 8.78 Å². The molecule has 16 heavy (non-hydrogen) atoms. The van der Waals surface area contributed by atoms with E-state index in [4.69, 9.17) is 17.2 Å². The largest absolute Gasteiger partial charge is 1.00 e. The number of aliphatic imine (C=N–C) groups is 1. The second-order valence-electron chi connectivity index (χ2n) is 2.65. The summed E-state index contributed by atoms with van der Waals surface area (Å²) < 4.78 is 26.1. The second-order valence-corrected chi connectivity index (χ2v) is 2.65. The van der Waals surface area contributed by atoms with Crippen molar-refractivity contribution in [1.82, 2.24) is 0 Å². The van der Waals surface area contributed by atoms with Gasteiger partial charge in [-0.3, -0.25) is 0 Å².